The minimum atomic E-state index is -0.694. The summed E-state index contributed by atoms with van der Waals surface area (Å²) in [6, 6.07) is 18.4. The van der Waals surface area contributed by atoms with Crippen LogP contribution in [-0.2, 0) is 16.0 Å². The van der Waals surface area contributed by atoms with Crippen LogP contribution in [0.2, 0.25) is 0 Å². The predicted molar refractivity (Wildman–Crippen MR) is 120 cm³/mol. The van der Waals surface area contributed by atoms with Crippen LogP contribution in [0.1, 0.15) is 34.7 Å². The standard InChI is InChI=1S/C26H24N2O3/c1-17-14-18(2)16-21(15-17)28-24(20-10-12-27-13-11-20)23(25(30)26(28)31)22(29)9-8-19-6-4-3-5-7-19/h3-7,10-16,24,30H,8-9H2,1-2H3. The monoisotopic (exact) mass is 412 g/mol. The number of rotatable bonds is 6. The second-order valence-corrected chi connectivity index (χ2v) is 7.88. The van der Waals surface area contributed by atoms with Gasteiger partial charge in [0.05, 0.1) is 11.6 Å². The molecular weight excluding hydrogens is 388 g/mol. The largest absolute Gasteiger partial charge is 0.503 e. The van der Waals surface area contributed by atoms with Gasteiger partial charge in [-0.2, -0.15) is 0 Å². The summed E-state index contributed by atoms with van der Waals surface area (Å²) in [7, 11) is 0. The topological polar surface area (TPSA) is 70.5 Å². The Balaban J connectivity index is 1.74. The molecule has 2 aromatic carbocycles. The van der Waals surface area contributed by atoms with Gasteiger partial charge in [-0.25, -0.2) is 0 Å². The molecule has 0 saturated carbocycles. The smallest absolute Gasteiger partial charge is 0.294 e. The Kier molecular flexibility index (Phi) is 5.67. The molecule has 4 rings (SSSR count). The lowest BCUT2D eigenvalue weighted by Gasteiger charge is -2.27. The molecule has 0 bridgehead atoms. The Morgan fingerprint density at radius 1 is 1.00 bits per heavy atom. The highest BCUT2D eigenvalue weighted by atomic mass is 16.3. The van der Waals surface area contributed by atoms with E-state index in [0.717, 1.165) is 22.3 Å². The summed E-state index contributed by atoms with van der Waals surface area (Å²) in [5.74, 6) is -1.27. The lowest BCUT2D eigenvalue weighted by molar-refractivity contribution is -0.118. The quantitative estimate of drug-likeness (QED) is 0.631. The maximum Gasteiger partial charge on any atom is 0.294 e. The number of carbonyl (C=O) groups excluding carboxylic acids is 2. The van der Waals surface area contributed by atoms with E-state index in [1.54, 1.807) is 24.5 Å². The van der Waals surface area contributed by atoms with Gasteiger partial charge >= 0.3 is 0 Å². The van der Waals surface area contributed by atoms with E-state index in [-0.39, 0.29) is 17.8 Å². The molecule has 1 unspecified atom stereocenters. The molecule has 31 heavy (non-hydrogen) atoms. The first-order chi connectivity index (χ1) is 15.0. The third-order valence-corrected chi connectivity index (χ3v) is 5.50. The van der Waals surface area contributed by atoms with Crippen LogP contribution in [0.15, 0.2) is 84.4 Å². The van der Waals surface area contributed by atoms with E-state index in [2.05, 4.69) is 4.98 Å². The number of amides is 1. The molecule has 2 heterocycles. The highest BCUT2D eigenvalue weighted by molar-refractivity contribution is 6.16. The van der Waals surface area contributed by atoms with E-state index in [1.807, 2.05) is 62.4 Å². The molecule has 156 valence electrons. The Bertz CT molecular complexity index is 1130. The molecule has 0 fully saturated rings. The maximum absolute atomic E-state index is 13.3. The molecule has 0 aliphatic carbocycles. The van der Waals surface area contributed by atoms with E-state index in [9.17, 15) is 14.7 Å². The van der Waals surface area contributed by atoms with E-state index in [0.29, 0.717) is 12.1 Å². The lowest BCUT2D eigenvalue weighted by atomic mass is 9.93. The van der Waals surface area contributed by atoms with Crippen LogP contribution in [0, 0.1) is 13.8 Å². The van der Waals surface area contributed by atoms with Crippen molar-refractivity contribution in [2.24, 2.45) is 0 Å². The zero-order chi connectivity index (χ0) is 22.0. The molecule has 5 nitrogen and oxygen atoms in total. The molecule has 0 saturated heterocycles. The van der Waals surface area contributed by atoms with Crippen LogP contribution in [0.4, 0.5) is 5.69 Å². The third-order valence-electron chi connectivity index (χ3n) is 5.50. The molecule has 1 aliphatic rings. The Labute approximate surface area is 181 Å². The number of carbonyl (C=O) groups is 2. The lowest BCUT2D eigenvalue weighted by Crippen LogP contribution is -2.31. The van der Waals surface area contributed by atoms with Gasteiger partial charge < -0.3 is 5.11 Å². The second-order valence-electron chi connectivity index (χ2n) is 7.88. The first kappa shape index (κ1) is 20.5. The summed E-state index contributed by atoms with van der Waals surface area (Å²) in [5.41, 5.74) is 4.56. The number of ketones is 1. The van der Waals surface area contributed by atoms with Gasteiger partial charge in [-0.05, 0) is 66.8 Å². The summed E-state index contributed by atoms with van der Waals surface area (Å²) in [5, 5.41) is 10.8. The number of hydrogen-bond donors (Lipinski definition) is 1. The summed E-state index contributed by atoms with van der Waals surface area (Å²) in [4.78, 5) is 32.0. The van der Waals surface area contributed by atoms with Crippen molar-refractivity contribution in [1.82, 2.24) is 4.98 Å². The number of Topliss-reactive ketones (excluding diaryl/α,β-unsaturated/α-hetero) is 1. The van der Waals surface area contributed by atoms with Crippen molar-refractivity contribution in [2.45, 2.75) is 32.7 Å². The fourth-order valence-electron chi connectivity index (χ4n) is 4.14. The number of aryl methyl sites for hydroxylation is 3. The zero-order valence-electron chi connectivity index (χ0n) is 17.6. The van der Waals surface area contributed by atoms with Crippen molar-refractivity contribution in [3.8, 4) is 0 Å². The fraction of sp³-hybridized carbons (Fsp3) is 0.192. The van der Waals surface area contributed by atoms with Crippen molar-refractivity contribution in [3.63, 3.8) is 0 Å². The summed E-state index contributed by atoms with van der Waals surface area (Å²) < 4.78 is 0. The van der Waals surface area contributed by atoms with Gasteiger partial charge in [0.2, 0.25) is 0 Å². The average molecular weight is 412 g/mol. The molecule has 1 amide bonds. The van der Waals surface area contributed by atoms with Gasteiger partial charge in [0.25, 0.3) is 5.91 Å². The van der Waals surface area contributed by atoms with Gasteiger partial charge in [-0.3, -0.25) is 19.5 Å². The van der Waals surface area contributed by atoms with Crippen LogP contribution in [0.5, 0.6) is 0 Å². The zero-order valence-corrected chi connectivity index (χ0v) is 17.6. The number of benzene rings is 2. The molecule has 1 aliphatic heterocycles. The van der Waals surface area contributed by atoms with E-state index in [4.69, 9.17) is 0 Å². The van der Waals surface area contributed by atoms with Gasteiger partial charge in [0.15, 0.2) is 11.5 Å². The summed E-state index contributed by atoms with van der Waals surface area (Å²) in [6.45, 7) is 3.91. The fourth-order valence-corrected chi connectivity index (χ4v) is 4.14. The molecule has 1 N–H and O–H groups in total. The minimum Gasteiger partial charge on any atom is -0.503 e. The van der Waals surface area contributed by atoms with Crippen LogP contribution in [0.25, 0.3) is 0 Å². The average Bonchev–Trinajstić information content (AvgIpc) is 3.03. The molecule has 0 radical (unpaired) electrons. The van der Waals surface area contributed by atoms with Crippen molar-refractivity contribution < 1.29 is 14.7 Å². The molecule has 0 spiro atoms. The van der Waals surface area contributed by atoms with Gasteiger partial charge in [0.1, 0.15) is 0 Å². The van der Waals surface area contributed by atoms with Crippen LogP contribution in [0.3, 0.4) is 0 Å². The number of aliphatic hydroxyl groups is 1. The van der Waals surface area contributed by atoms with E-state index < -0.39 is 17.7 Å². The Morgan fingerprint density at radius 2 is 1.65 bits per heavy atom. The maximum atomic E-state index is 13.3. The van der Waals surface area contributed by atoms with Gasteiger partial charge in [-0.15, -0.1) is 0 Å². The predicted octanol–water partition coefficient (Wildman–Crippen LogP) is 4.80. The second kappa shape index (κ2) is 8.56. The highest BCUT2D eigenvalue weighted by Crippen LogP contribution is 2.41. The van der Waals surface area contributed by atoms with Crippen LogP contribution < -0.4 is 4.90 Å². The molecule has 1 atom stereocenters. The van der Waals surface area contributed by atoms with E-state index >= 15 is 0 Å². The van der Waals surface area contributed by atoms with Crippen LogP contribution in [-0.4, -0.2) is 21.8 Å². The number of anilines is 1. The van der Waals surface area contributed by atoms with Crippen molar-refractivity contribution in [3.05, 3.63) is 107 Å². The molecular formula is C26H24N2O3. The number of hydrogen-bond acceptors (Lipinski definition) is 4. The number of aliphatic hydroxyl groups excluding tert-OH is 1. The summed E-state index contributed by atoms with van der Waals surface area (Å²) in [6.07, 6.45) is 4.00. The summed E-state index contributed by atoms with van der Waals surface area (Å²) >= 11 is 0. The van der Waals surface area contributed by atoms with Crippen molar-refractivity contribution in [1.29, 1.82) is 0 Å². The van der Waals surface area contributed by atoms with Crippen molar-refractivity contribution >= 4 is 17.4 Å². The Hall–Kier alpha value is -3.73. The third kappa shape index (κ3) is 4.12. The number of nitrogens with zero attached hydrogens (tertiary/aromatic N) is 2. The first-order valence-corrected chi connectivity index (χ1v) is 10.3. The van der Waals surface area contributed by atoms with Gasteiger partial charge in [-0.1, -0.05) is 36.4 Å². The highest BCUT2D eigenvalue weighted by Gasteiger charge is 2.44. The van der Waals surface area contributed by atoms with E-state index in [1.165, 1.54) is 4.90 Å². The first-order valence-electron chi connectivity index (χ1n) is 10.3. The SMILES string of the molecule is Cc1cc(C)cc(N2C(=O)C(O)=C(C(=O)CCc3ccccc3)C2c2ccncc2)c1. The molecule has 1 aromatic heterocycles. The van der Waals surface area contributed by atoms with Crippen molar-refractivity contribution in [2.75, 3.05) is 4.90 Å². The number of aromatic nitrogens is 1. The number of pyridine rings is 1. The molecule has 3 aromatic rings. The van der Waals surface area contributed by atoms with Crippen LogP contribution >= 0.6 is 0 Å². The minimum absolute atomic E-state index is 0.145. The molecule has 5 heteroatoms. The Morgan fingerprint density at radius 3 is 2.29 bits per heavy atom. The normalized spacial score (nSPS) is 16.1. The van der Waals surface area contributed by atoms with Gasteiger partial charge in [0, 0.05) is 24.5 Å².